The van der Waals surface area contributed by atoms with Gasteiger partial charge in [-0.2, -0.15) is 0 Å². The number of rotatable bonds is 5. The third-order valence-electron chi connectivity index (χ3n) is 2.33. The summed E-state index contributed by atoms with van der Waals surface area (Å²) >= 11 is 0. The van der Waals surface area contributed by atoms with E-state index in [1.807, 2.05) is 13.8 Å². The fraction of sp³-hybridized carbons (Fsp3) is 0.462. The molecule has 2 N–H and O–H groups in total. The van der Waals surface area contributed by atoms with Gasteiger partial charge in [-0.25, -0.2) is 4.39 Å². The van der Waals surface area contributed by atoms with Crippen LogP contribution in [0.2, 0.25) is 0 Å². The molecule has 0 aliphatic heterocycles. The number of amides is 1. The van der Waals surface area contributed by atoms with Gasteiger partial charge >= 0.3 is 0 Å². The molecule has 0 bridgehead atoms. The molecular weight excluding hydrogens is 221 g/mol. The predicted octanol–water partition coefficient (Wildman–Crippen LogP) is 1.96. The summed E-state index contributed by atoms with van der Waals surface area (Å²) in [7, 11) is 0. The molecule has 0 aromatic heterocycles. The smallest absolute Gasteiger partial charge is 0.251 e. The minimum Gasteiger partial charge on any atom is -0.391 e. The normalized spacial score (nSPS) is 12.5. The monoisotopic (exact) mass is 239 g/mol. The highest BCUT2D eigenvalue weighted by Gasteiger charge is 2.10. The quantitative estimate of drug-likeness (QED) is 0.825. The zero-order valence-corrected chi connectivity index (χ0v) is 10.1. The molecule has 4 heteroatoms. The highest BCUT2D eigenvalue weighted by Crippen LogP contribution is 2.05. The van der Waals surface area contributed by atoms with Gasteiger partial charge in [0.15, 0.2) is 0 Å². The SMILES string of the molecule is CC(C)CC(O)CNC(=O)c1cccc(F)c1. The van der Waals surface area contributed by atoms with Gasteiger partial charge in [-0.3, -0.25) is 4.79 Å². The lowest BCUT2D eigenvalue weighted by atomic mass is 10.1. The zero-order chi connectivity index (χ0) is 12.8. The van der Waals surface area contributed by atoms with Crippen molar-refractivity contribution >= 4 is 5.91 Å². The van der Waals surface area contributed by atoms with Crippen molar-refractivity contribution in [1.82, 2.24) is 5.32 Å². The van der Waals surface area contributed by atoms with E-state index in [-0.39, 0.29) is 18.0 Å². The van der Waals surface area contributed by atoms with Crippen molar-refractivity contribution in [3.05, 3.63) is 35.6 Å². The van der Waals surface area contributed by atoms with E-state index in [1.165, 1.54) is 24.3 Å². The van der Waals surface area contributed by atoms with Gasteiger partial charge in [-0.1, -0.05) is 19.9 Å². The fourth-order valence-electron chi connectivity index (χ4n) is 1.57. The summed E-state index contributed by atoms with van der Waals surface area (Å²) in [6.45, 7) is 4.18. The van der Waals surface area contributed by atoms with Crippen LogP contribution >= 0.6 is 0 Å². The molecule has 0 spiro atoms. The molecule has 0 aliphatic rings. The number of hydrogen-bond donors (Lipinski definition) is 2. The molecule has 1 atom stereocenters. The van der Waals surface area contributed by atoms with Crippen LogP contribution in [0.4, 0.5) is 4.39 Å². The number of carbonyl (C=O) groups is 1. The second-order valence-electron chi connectivity index (χ2n) is 4.50. The van der Waals surface area contributed by atoms with Crippen LogP contribution in [0.15, 0.2) is 24.3 Å². The average molecular weight is 239 g/mol. The maximum absolute atomic E-state index is 12.9. The van der Waals surface area contributed by atoms with Gasteiger partial charge in [0.1, 0.15) is 5.82 Å². The molecule has 0 aliphatic carbocycles. The van der Waals surface area contributed by atoms with Crippen LogP contribution in [0.5, 0.6) is 0 Å². The summed E-state index contributed by atoms with van der Waals surface area (Å²) in [5.41, 5.74) is 0.266. The van der Waals surface area contributed by atoms with Crippen molar-refractivity contribution in [1.29, 1.82) is 0 Å². The summed E-state index contributed by atoms with van der Waals surface area (Å²) in [4.78, 5) is 11.6. The van der Waals surface area contributed by atoms with Crippen LogP contribution in [-0.4, -0.2) is 23.7 Å². The van der Waals surface area contributed by atoms with Crippen molar-refractivity contribution in [3.8, 4) is 0 Å². The predicted molar refractivity (Wildman–Crippen MR) is 64.2 cm³/mol. The molecular formula is C13H18FNO2. The first kappa shape index (κ1) is 13.6. The molecule has 17 heavy (non-hydrogen) atoms. The number of benzene rings is 1. The van der Waals surface area contributed by atoms with E-state index in [9.17, 15) is 14.3 Å². The van der Waals surface area contributed by atoms with Gasteiger partial charge in [0.25, 0.3) is 5.91 Å². The summed E-state index contributed by atoms with van der Waals surface area (Å²) < 4.78 is 12.9. The second kappa shape index (κ2) is 6.35. The van der Waals surface area contributed by atoms with E-state index in [1.54, 1.807) is 0 Å². The summed E-state index contributed by atoms with van der Waals surface area (Å²) in [6.07, 6.45) is 0.0659. The second-order valence-corrected chi connectivity index (χ2v) is 4.50. The lowest BCUT2D eigenvalue weighted by Crippen LogP contribution is -2.32. The molecule has 0 saturated heterocycles. The van der Waals surface area contributed by atoms with Crippen LogP contribution in [0.1, 0.15) is 30.6 Å². The highest BCUT2D eigenvalue weighted by atomic mass is 19.1. The molecule has 1 aromatic carbocycles. The van der Waals surface area contributed by atoms with Crippen LogP contribution in [0, 0.1) is 11.7 Å². The third-order valence-corrected chi connectivity index (χ3v) is 2.33. The van der Waals surface area contributed by atoms with Crippen molar-refractivity contribution in [2.45, 2.75) is 26.4 Å². The Labute approximate surface area is 101 Å². The molecule has 0 heterocycles. The minimum absolute atomic E-state index is 0.188. The molecule has 0 radical (unpaired) electrons. The Kier molecular flexibility index (Phi) is 5.10. The maximum Gasteiger partial charge on any atom is 0.251 e. The van der Waals surface area contributed by atoms with Crippen molar-refractivity contribution < 1.29 is 14.3 Å². The first-order chi connectivity index (χ1) is 7.99. The van der Waals surface area contributed by atoms with E-state index < -0.39 is 11.9 Å². The number of hydrogen-bond acceptors (Lipinski definition) is 2. The summed E-state index contributed by atoms with van der Waals surface area (Å²) in [5, 5.41) is 12.2. The zero-order valence-electron chi connectivity index (χ0n) is 10.1. The van der Waals surface area contributed by atoms with E-state index in [2.05, 4.69) is 5.32 Å². The van der Waals surface area contributed by atoms with E-state index in [0.29, 0.717) is 12.3 Å². The lowest BCUT2D eigenvalue weighted by Gasteiger charge is -2.13. The molecule has 1 unspecified atom stereocenters. The van der Waals surface area contributed by atoms with Crippen LogP contribution in [0.3, 0.4) is 0 Å². The Bertz CT molecular complexity index is 379. The van der Waals surface area contributed by atoms with Gasteiger partial charge in [0.2, 0.25) is 0 Å². The fourth-order valence-corrected chi connectivity index (χ4v) is 1.57. The average Bonchev–Trinajstić information content (AvgIpc) is 2.25. The van der Waals surface area contributed by atoms with Crippen molar-refractivity contribution in [2.75, 3.05) is 6.54 Å². The van der Waals surface area contributed by atoms with E-state index >= 15 is 0 Å². The highest BCUT2D eigenvalue weighted by molar-refractivity contribution is 5.94. The van der Waals surface area contributed by atoms with Crippen LogP contribution in [0.25, 0.3) is 0 Å². The Morgan fingerprint density at radius 2 is 2.18 bits per heavy atom. The number of nitrogens with one attached hydrogen (secondary N) is 1. The van der Waals surface area contributed by atoms with Crippen LogP contribution < -0.4 is 5.32 Å². The van der Waals surface area contributed by atoms with Gasteiger partial charge in [-0.05, 0) is 30.5 Å². The van der Waals surface area contributed by atoms with E-state index in [4.69, 9.17) is 0 Å². The largest absolute Gasteiger partial charge is 0.391 e. The Balaban J connectivity index is 2.45. The van der Waals surface area contributed by atoms with Crippen molar-refractivity contribution in [2.24, 2.45) is 5.92 Å². The number of aliphatic hydroxyl groups excluding tert-OH is 1. The third kappa shape index (κ3) is 4.95. The van der Waals surface area contributed by atoms with Gasteiger partial charge in [0, 0.05) is 12.1 Å². The summed E-state index contributed by atoms with van der Waals surface area (Å²) in [5.74, 6) is -0.441. The Morgan fingerprint density at radius 1 is 1.47 bits per heavy atom. The first-order valence-corrected chi connectivity index (χ1v) is 5.71. The molecule has 0 saturated carbocycles. The molecule has 1 aromatic rings. The number of halogens is 1. The minimum atomic E-state index is -0.562. The van der Waals surface area contributed by atoms with E-state index in [0.717, 1.165) is 0 Å². The molecule has 1 rings (SSSR count). The first-order valence-electron chi connectivity index (χ1n) is 5.71. The topological polar surface area (TPSA) is 49.3 Å². The molecule has 1 amide bonds. The Morgan fingerprint density at radius 3 is 2.76 bits per heavy atom. The van der Waals surface area contributed by atoms with Crippen molar-refractivity contribution in [3.63, 3.8) is 0 Å². The lowest BCUT2D eigenvalue weighted by molar-refractivity contribution is 0.0900. The number of aliphatic hydroxyl groups is 1. The standard InChI is InChI=1S/C13H18FNO2/c1-9(2)6-12(16)8-15-13(17)10-4-3-5-11(14)7-10/h3-5,7,9,12,16H,6,8H2,1-2H3,(H,15,17). The summed E-state index contributed by atoms with van der Waals surface area (Å²) in [6, 6.07) is 5.47. The van der Waals surface area contributed by atoms with Gasteiger partial charge in [0.05, 0.1) is 6.10 Å². The maximum atomic E-state index is 12.9. The number of carbonyl (C=O) groups excluding carboxylic acids is 1. The van der Waals surface area contributed by atoms with Gasteiger partial charge < -0.3 is 10.4 Å². The molecule has 94 valence electrons. The Hall–Kier alpha value is -1.42. The van der Waals surface area contributed by atoms with Gasteiger partial charge in [-0.15, -0.1) is 0 Å². The molecule has 3 nitrogen and oxygen atoms in total. The molecule has 0 fully saturated rings. The van der Waals surface area contributed by atoms with Crippen LogP contribution in [-0.2, 0) is 0 Å².